The van der Waals surface area contributed by atoms with Gasteiger partial charge >= 0.3 is 0 Å². The van der Waals surface area contributed by atoms with Crippen molar-refractivity contribution in [2.45, 2.75) is 13.2 Å². The number of nitrogens with two attached hydrogens (primary N) is 1. The standard InChI is InChI=1S/C14H12BrF2NO.C13H10BrF2NO/c1-18-11-7-10(16)14(13(17)12(11)15)19-8-9-5-3-2-4-6-9;14-11-10(17)6-9(15)13(12(11)16)18-7-8-4-2-1-3-5-8/h2-7,18H,8H2,1H3;1-6H,7,17H2. The molecule has 0 fully saturated rings. The van der Waals surface area contributed by atoms with Crippen molar-refractivity contribution in [2.24, 2.45) is 0 Å². The highest BCUT2D eigenvalue weighted by atomic mass is 79.9. The minimum atomic E-state index is -0.830. The molecule has 0 saturated carbocycles. The Labute approximate surface area is 228 Å². The molecule has 0 bridgehead atoms. The highest BCUT2D eigenvalue weighted by Gasteiger charge is 2.18. The Balaban J connectivity index is 0.000000206. The largest absolute Gasteiger partial charge is 0.483 e. The molecule has 0 amide bonds. The maximum atomic E-state index is 14.0. The lowest BCUT2D eigenvalue weighted by atomic mass is 10.2. The lowest BCUT2D eigenvalue weighted by molar-refractivity contribution is 0.273. The van der Waals surface area contributed by atoms with Gasteiger partial charge in [-0.25, -0.2) is 17.6 Å². The fourth-order valence-electron chi connectivity index (χ4n) is 3.08. The monoisotopic (exact) mass is 640 g/mol. The average molecular weight is 642 g/mol. The highest BCUT2D eigenvalue weighted by Crippen LogP contribution is 2.35. The zero-order valence-electron chi connectivity index (χ0n) is 19.5. The van der Waals surface area contributed by atoms with Crippen LogP contribution in [0.25, 0.3) is 0 Å². The van der Waals surface area contributed by atoms with Gasteiger partial charge in [-0.2, -0.15) is 0 Å². The van der Waals surface area contributed by atoms with Gasteiger partial charge in [0.15, 0.2) is 34.8 Å². The van der Waals surface area contributed by atoms with Gasteiger partial charge in [0.2, 0.25) is 0 Å². The van der Waals surface area contributed by atoms with Crippen LogP contribution < -0.4 is 20.5 Å². The molecule has 0 aromatic heterocycles. The molecule has 0 spiro atoms. The number of nitrogens with one attached hydrogen (secondary N) is 1. The van der Waals surface area contributed by atoms with Gasteiger partial charge in [-0.1, -0.05) is 60.7 Å². The summed E-state index contributed by atoms with van der Waals surface area (Å²) in [5.41, 5.74) is 7.41. The zero-order valence-corrected chi connectivity index (χ0v) is 22.7. The third kappa shape index (κ3) is 7.39. The molecule has 0 unspecified atom stereocenters. The SMILES string of the molecule is CNc1cc(F)c(OCc2ccccc2)c(F)c1Br.Nc1cc(F)c(OCc2ccccc2)c(F)c1Br. The Kier molecular flexibility index (Phi) is 10.2. The Bertz CT molecular complexity index is 1340. The van der Waals surface area contributed by atoms with E-state index in [1.807, 2.05) is 60.7 Å². The van der Waals surface area contributed by atoms with Gasteiger partial charge in [0.25, 0.3) is 0 Å². The predicted molar refractivity (Wildman–Crippen MR) is 144 cm³/mol. The van der Waals surface area contributed by atoms with Crippen molar-refractivity contribution >= 4 is 43.2 Å². The van der Waals surface area contributed by atoms with Gasteiger partial charge in [-0.05, 0) is 43.0 Å². The molecule has 4 aromatic carbocycles. The second kappa shape index (κ2) is 13.3. The summed E-state index contributed by atoms with van der Waals surface area (Å²) in [6.07, 6.45) is 0. The van der Waals surface area contributed by atoms with Gasteiger partial charge in [0, 0.05) is 19.2 Å². The normalized spacial score (nSPS) is 10.4. The van der Waals surface area contributed by atoms with Crippen molar-refractivity contribution in [1.29, 1.82) is 0 Å². The maximum absolute atomic E-state index is 14.0. The van der Waals surface area contributed by atoms with Crippen LogP contribution in [0.15, 0.2) is 81.7 Å². The Morgan fingerprint density at radius 3 is 1.59 bits per heavy atom. The quantitative estimate of drug-likeness (QED) is 0.121. The summed E-state index contributed by atoms with van der Waals surface area (Å²) in [5.74, 6) is -3.94. The van der Waals surface area contributed by atoms with Crippen LogP contribution in [0.1, 0.15) is 11.1 Å². The van der Waals surface area contributed by atoms with E-state index in [9.17, 15) is 17.6 Å². The highest BCUT2D eigenvalue weighted by molar-refractivity contribution is 9.11. The Morgan fingerprint density at radius 2 is 1.14 bits per heavy atom. The van der Waals surface area contributed by atoms with E-state index in [4.69, 9.17) is 15.2 Å². The third-order valence-corrected chi connectivity index (χ3v) is 6.56. The summed E-state index contributed by atoms with van der Waals surface area (Å²) in [5, 5.41) is 2.70. The molecule has 194 valence electrons. The molecule has 0 aliphatic rings. The summed E-state index contributed by atoms with van der Waals surface area (Å²) in [6.45, 7) is 0.199. The molecule has 4 nitrogen and oxygen atoms in total. The molecular formula is C27H22Br2F4N2O2. The van der Waals surface area contributed by atoms with Crippen LogP contribution >= 0.6 is 31.9 Å². The number of anilines is 2. The van der Waals surface area contributed by atoms with Gasteiger partial charge in [0.1, 0.15) is 13.2 Å². The first kappa shape index (κ1) is 28.3. The van der Waals surface area contributed by atoms with E-state index < -0.39 is 29.0 Å². The van der Waals surface area contributed by atoms with Crippen LogP contribution in [0, 0.1) is 23.3 Å². The van der Waals surface area contributed by atoms with E-state index in [-0.39, 0.29) is 33.6 Å². The van der Waals surface area contributed by atoms with Crippen molar-refractivity contribution < 1.29 is 27.0 Å². The first-order chi connectivity index (χ1) is 17.7. The van der Waals surface area contributed by atoms with Gasteiger partial charge in [0.05, 0.1) is 20.3 Å². The molecule has 0 aliphatic heterocycles. The van der Waals surface area contributed by atoms with Crippen LogP contribution in [0.4, 0.5) is 28.9 Å². The van der Waals surface area contributed by atoms with Crippen molar-refractivity contribution in [2.75, 3.05) is 18.1 Å². The summed E-state index contributed by atoms with van der Waals surface area (Å²) in [4.78, 5) is 0. The molecule has 0 heterocycles. The van der Waals surface area contributed by atoms with E-state index in [1.54, 1.807) is 7.05 Å². The van der Waals surface area contributed by atoms with E-state index in [0.717, 1.165) is 17.2 Å². The molecular weight excluding hydrogens is 620 g/mol. The summed E-state index contributed by atoms with van der Waals surface area (Å²) in [6, 6.07) is 20.5. The second-order valence-electron chi connectivity index (χ2n) is 7.57. The summed E-state index contributed by atoms with van der Waals surface area (Å²) >= 11 is 6.01. The number of benzene rings is 4. The molecule has 10 heteroatoms. The van der Waals surface area contributed by atoms with E-state index in [2.05, 4.69) is 37.2 Å². The number of ether oxygens (including phenoxy) is 2. The summed E-state index contributed by atoms with van der Waals surface area (Å²) < 4.78 is 65.5. The predicted octanol–water partition coefficient (Wildman–Crippen LogP) is 8.24. The summed E-state index contributed by atoms with van der Waals surface area (Å²) in [7, 11) is 1.59. The van der Waals surface area contributed by atoms with Crippen molar-refractivity contribution in [3.05, 3.63) is 116 Å². The first-order valence-electron chi connectivity index (χ1n) is 10.8. The van der Waals surface area contributed by atoms with E-state index >= 15 is 0 Å². The molecule has 37 heavy (non-hydrogen) atoms. The fraction of sp³-hybridized carbons (Fsp3) is 0.111. The number of rotatable bonds is 7. The topological polar surface area (TPSA) is 56.5 Å². The lowest BCUT2D eigenvalue weighted by Crippen LogP contribution is -2.02. The van der Waals surface area contributed by atoms with Crippen molar-refractivity contribution in [3.8, 4) is 11.5 Å². The Hall–Kier alpha value is -3.24. The maximum Gasteiger partial charge on any atom is 0.192 e. The molecule has 4 rings (SSSR count). The number of halogens is 6. The first-order valence-corrected chi connectivity index (χ1v) is 12.4. The van der Waals surface area contributed by atoms with Crippen molar-refractivity contribution in [3.63, 3.8) is 0 Å². The van der Waals surface area contributed by atoms with Crippen LogP contribution in [-0.2, 0) is 13.2 Å². The minimum absolute atomic E-state index is 0.00272. The van der Waals surface area contributed by atoms with Crippen LogP contribution in [0.3, 0.4) is 0 Å². The van der Waals surface area contributed by atoms with E-state index in [0.29, 0.717) is 5.69 Å². The smallest absolute Gasteiger partial charge is 0.192 e. The minimum Gasteiger partial charge on any atom is -0.483 e. The zero-order chi connectivity index (χ0) is 26.9. The molecule has 3 N–H and O–H groups in total. The molecule has 0 radical (unpaired) electrons. The van der Waals surface area contributed by atoms with Crippen LogP contribution in [-0.4, -0.2) is 7.05 Å². The molecule has 4 aromatic rings. The molecule has 0 saturated heterocycles. The average Bonchev–Trinajstić information content (AvgIpc) is 2.91. The van der Waals surface area contributed by atoms with E-state index in [1.165, 1.54) is 6.07 Å². The van der Waals surface area contributed by atoms with Crippen molar-refractivity contribution in [1.82, 2.24) is 0 Å². The van der Waals surface area contributed by atoms with Gasteiger partial charge in [-0.3, -0.25) is 0 Å². The number of hydrogen-bond acceptors (Lipinski definition) is 4. The van der Waals surface area contributed by atoms with Crippen LogP contribution in [0.5, 0.6) is 11.5 Å². The fourth-order valence-corrected chi connectivity index (χ4v) is 3.87. The second-order valence-corrected chi connectivity index (χ2v) is 9.15. The number of hydrogen-bond donors (Lipinski definition) is 2. The molecule has 0 atom stereocenters. The van der Waals surface area contributed by atoms with Crippen LogP contribution in [0.2, 0.25) is 0 Å². The third-order valence-electron chi connectivity index (χ3n) is 4.98. The van der Waals surface area contributed by atoms with Gasteiger partial charge < -0.3 is 20.5 Å². The Morgan fingerprint density at radius 1 is 0.703 bits per heavy atom. The molecule has 0 aliphatic carbocycles. The van der Waals surface area contributed by atoms with Gasteiger partial charge in [-0.15, -0.1) is 0 Å². The number of nitrogen functional groups attached to an aromatic ring is 1. The lowest BCUT2D eigenvalue weighted by Gasteiger charge is -2.12.